The van der Waals surface area contributed by atoms with Gasteiger partial charge in [0.2, 0.25) is 0 Å². The van der Waals surface area contributed by atoms with Crippen molar-refractivity contribution in [1.82, 2.24) is 0 Å². The Labute approximate surface area is 76.8 Å². The van der Waals surface area contributed by atoms with Crippen LogP contribution in [0.4, 0.5) is 0 Å². The highest BCUT2D eigenvalue weighted by Crippen LogP contribution is 2.42. The molecule has 0 saturated carbocycles. The van der Waals surface area contributed by atoms with Gasteiger partial charge in [-0.2, -0.15) is 0 Å². The van der Waals surface area contributed by atoms with Crippen LogP contribution in [0.3, 0.4) is 0 Å². The molecule has 2 aliphatic rings. The summed E-state index contributed by atoms with van der Waals surface area (Å²) in [5.41, 5.74) is -0.135. The molecule has 0 aromatic carbocycles. The van der Waals surface area contributed by atoms with Gasteiger partial charge in [0.25, 0.3) is 0 Å². The second-order valence-electron chi connectivity index (χ2n) is 3.88. The Kier molecular flexibility index (Phi) is 2.26. The number of rotatable bonds is 1. The summed E-state index contributed by atoms with van der Waals surface area (Å²) in [6.45, 7) is 2.31. The molecule has 2 fully saturated rings. The lowest BCUT2D eigenvalue weighted by atomic mass is 9.71. The summed E-state index contributed by atoms with van der Waals surface area (Å²) < 4.78 is 10.5. The summed E-state index contributed by atoms with van der Waals surface area (Å²) in [6.07, 6.45) is 1.69. The van der Waals surface area contributed by atoms with Crippen LogP contribution in [0.1, 0.15) is 12.8 Å². The molecule has 0 aromatic heterocycles. The van der Waals surface area contributed by atoms with E-state index in [9.17, 15) is 4.79 Å². The minimum Gasteiger partial charge on any atom is -0.481 e. The second kappa shape index (κ2) is 3.27. The lowest BCUT2D eigenvalue weighted by molar-refractivity contribution is -0.156. The molecule has 1 spiro atoms. The number of carboxylic acid groups (broad SMARTS) is 1. The summed E-state index contributed by atoms with van der Waals surface area (Å²) in [5.74, 6) is -1.12. The van der Waals surface area contributed by atoms with Gasteiger partial charge in [-0.05, 0) is 12.8 Å². The van der Waals surface area contributed by atoms with Gasteiger partial charge in [-0.1, -0.05) is 0 Å². The van der Waals surface area contributed by atoms with E-state index in [-0.39, 0.29) is 11.3 Å². The lowest BCUT2D eigenvalue weighted by Gasteiger charge is -2.37. The SMILES string of the molecule is O=C(O)C1COCCC12CCOC2. The van der Waals surface area contributed by atoms with Crippen LogP contribution in [0.15, 0.2) is 0 Å². The molecular weight excluding hydrogens is 172 g/mol. The maximum absolute atomic E-state index is 11.0. The Morgan fingerprint density at radius 2 is 2.00 bits per heavy atom. The molecule has 0 aromatic rings. The molecule has 0 radical (unpaired) electrons. The van der Waals surface area contributed by atoms with Gasteiger partial charge >= 0.3 is 5.97 Å². The number of hydrogen-bond donors (Lipinski definition) is 1. The summed E-state index contributed by atoms with van der Waals surface area (Å²) >= 11 is 0. The van der Waals surface area contributed by atoms with Gasteiger partial charge in [-0.3, -0.25) is 4.79 Å². The number of carbonyl (C=O) groups is 1. The van der Waals surface area contributed by atoms with Crippen molar-refractivity contribution in [2.45, 2.75) is 12.8 Å². The van der Waals surface area contributed by atoms with E-state index in [0.29, 0.717) is 26.4 Å². The van der Waals surface area contributed by atoms with Crippen LogP contribution in [0.5, 0.6) is 0 Å². The van der Waals surface area contributed by atoms with Crippen molar-refractivity contribution in [3.05, 3.63) is 0 Å². The predicted molar refractivity (Wildman–Crippen MR) is 44.4 cm³/mol. The first-order valence-corrected chi connectivity index (χ1v) is 4.63. The zero-order valence-electron chi connectivity index (χ0n) is 7.49. The van der Waals surface area contributed by atoms with E-state index in [1.807, 2.05) is 0 Å². The molecule has 2 heterocycles. The Morgan fingerprint density at radius 1 is 1.31 bits per heavy atom. The fraction of sp³-hybridized carbons (Fsp3) is 0.889. The molecule has 4 heteroatoms. The monoisotopic (exact) mass is 186 g/mol. The Morgan fingerprint density at radius 3 is 2.62 bits per heavy atom. The second-order valence-corrected chi connectivity index (χ2v) is 3.88. The van der Waals surface area contributed by atoms with E-state index in [0.717, 1.165) is 12.8 Å². The van der Waals surface area contributed by atoms with Crippen LogP contribution in [0.25, 0.3) is 0 Å². The van der Waals surface area contributed by atoms with Crippen LogP contribution in [0.2, 0.25) is 0 Å². The van der Waals surface area contributed by atoms with Crippen molar-refractivity contribution in [3.8, 4) is 0 Å². The van der Waals surface area contributed by atoms with Crippen molar-refractivity contribution in [2.24, 2.45) is 11.3 Å². The molecule has 2 atom stereocenters. The first-order valence-electron chi connectivity index (χ1n) is 4.63. The third-order valence-corrected chi connectivity index (χ3v) is 3.20. The van der Waals surface area contributed by atoms with Crippen LogP contribution >= 0.6 is 0 Å². The van der Waals surface area contributed by atoms with Crippen molar-refractivity contribution < 1.29 is 19.4 Å². The average Bonchev–Trinajstić information content (AvgIpc) is 2.54. The van der Waals surface area contributed by atoms with E-state index in [2.05, 4.69) is 0 Å². The van der Waals surface area contributed by atoms with E-state index >= 15 is 0 Å². The zero-order valence-corrected chi connectivity index (χ0v) is 7.49. The molecule has 1 N–H and O–H groups in total. The molecule has 4 nitrogen and oxygen atoms in total. The highest BCUT2D eigenvalue weighted by Gasteiger charge is 2.47. The summed E-state index contributed by atoms with van der Waals surface area (Å²) in [7, 11) is 0. The van der Waals surface area contributed by atoms with E-state index in [4.69, 9.17) is 14.6 Å². The summed E-state index contributed by atoms with van der Waals surface area (Å²) in [5, 5.41) is 9.03. The Bertz CT molecular complexity index is 208. The van der Waals surface area contributed by atoms with Gasteiger partial charge in [0.05, 0.1) is 19.1 Å². The lowest BCUT2D eigenvalue weighted by Crippen LogP contribution is -2.44. The minimum absolute atomic E-state index is 0.135. The molecule has 2 aliphatic heterocycles. The normalized spacial score (nSPS) is 39.5. The third-order valence-electron chi connectivity index (χ3n) is 3.20. The van der Waals surface area contributed by atoms with E-state index < -0.39 is 5.97 Å². The van der Waals surface area contributed by atoms with Crippen LogP contribution in [-0.2, 0) is 14.3 Å². The van der Waals surface area contributed by atoms with Gasteiger partial charge in [0.15, 0.2) is 0 Å². The van der Waals surface area contributed by atoms with Gasteiger partial charge in [-0.15, -0.1) is 0 Å². The Balaban J connectivity index is 2.16. The number of aliphatic carboxylic acids is 1. The quantitative estimate of drug-likeness (QED) is 0.648. The van der Waals surface area contributed by atoms with Crippen molar-refractivity contribution in [1.29, 1.82) is 0 Å². The molecule has 2 saturated heterocycles. The van der Waals surface area contributed by atoms with E-state index in [1.165, 1.54) is 0 Å². The molecule has 0 bridgehead atoms. The average molecular weight is 186 g/mol. The summed E-state index contributed by atoms with van der Waals surface area (Å²) in [4.78, 5) is 11.0. The maximum atomic E-state index is 11.0. The van der Waals surface area contributed by atoms with Gasteiger partial charge < -0.3 is 14.6 Å². The Hall–Kier alpha value is -0.610. The predicted octanol–water partition coefficient (Wildman–Crippen LogP) is 0.514. The smallest absolute Gasteiger partial charge is 0.309 e. The first-order chi connectivity index (χ1) is 6.25. The van der Waals surface area contributed by atoms with Gasteiger partial charge in [0.1, 0.15) is 0 Å². The number of hydrogen-bond acceptors (Lipinski definition) is 3. The van der Waals surface area contributed by atoms with Gasteiger partial charge in [0, 0.05) is 18.6 Å². The highest BCUT2D eigenvalue weighted by atomic mass is 16.5. The van der Waals surface area contributed by atoms with Crippen LogP contribution in [0, 0.1) is 11.3 Å². The van der Waals surface area contributed by atoms with Crippen LogP contribution < -0.4 is 0 Å². The van der Waals surface area contributed by atoms with Crippen LogP contribution in [-0.4, -0.2) is 37.5 Å². The summed E-state index contributed by atoms with van der Waals surface area (Å²) in [6, 6.07) is 0. The maximum Gasteiger partial charge on any atom is 0.309 e. The van der Waals surface area contributed by atoms with Crippen molar-refractivity contribution in [2.75, 3.05) is 26.4 Å². The van der Waals surface area contributed by atoms with Crippen molar-refractivity contribution >= 4 is 5.97 Å². The van der Waals surface area contributed by atoms with Gasteiger partial charge in [-0.25, -0.2) is 0 Å². The number of carboxylic acids is 1. The molecular formula is C9H14O4. The topological polar surface area (TPSA) is 55.8 Å². The molecule has 0 aliphatic carbocycles. The molecule has 74 valence electrons. The molecule has 2 unspecified atom stereocenters. The molecule has 13 heavy (non-hydrogen) atoms. The van der Waals surface area contributed by atoms with Crippen molar-refractivity contribution in [3.63, 3.8) is 0 Å². The highest BCUT2D eigenvalue weighted by molar-refractivity contribution is 5.71. The largest absolute Gasteiger partial charge is 0.481 e. The fourth-order valence-electron chi connectivity index (χ4n) is 2.26. The minimum atomic E-state index is -0.745. The fourth-order valence-corrected chi connectivity index (χ4v) is 2.26. The molecule has 0 amide bonds. The van der Waals surface area contributed by atoms with E-state index in [1.54, 1.807) is 0 Å². The zero-order chi connectivity index (χ0) is 9.31. The number of ether oxygens (including phenoxy) is 2. The third kappa shape index (κ3) is 1.44. The standard InChI is InChI=1S/C9H14O4/c10-8(11)7-5-12-3-1-9(7)2-4-13-6-9/h7H,1-6H2,(H,10,11). The molecule has 2 rings (SSSR count). The first kappa shape index (κ1) is 8.97.